The van der Waals surface area contributed by atoms with Crippen molar-refractivity contribution in [2.75, 3.05) is 22.8 Å². The number of hydrogen-bond acceptors (Lipinski definition) is 4. The van der Waals surface area contributed by atoms with Crippen LogP contribution < -0.4 is 10.0 Å². The summed E-state index contributed by atoms with van der Waals surface area (Å²) in [6.07, 6.45) is 1.77. The number of carbonyl (C=O) groups is 2. The van der Waals surface area contributed by atoms with E-state index in [4.69, 9.17) is 0 Å². The molecule has 0 aromatic heterocycles. The van der Waals surface area contributed by atoms with Gasteiger partial charge in [-0.25, -0.2) is 8.42 Å². The smallest absolute Gasteiger partial charge is 0.251 e. The van der Waals surface area contributed by atoms with Crippen LogP contribution in [-0.4, -0.2) is 37.9 Å². The van der Waals surface area contributed by atoms with Crippen LogP contribution in [0, 0.1) is 5.41 Å². The van der Waals surface area contributed by atoms with Gasteiger partial charge in [-0.3, -0.25) is 14.3 Å². The summed E-state index contributed by atoms with van der Waals surface area (Å²) in [6.45, 7) is 10.0. The number of fused-ring (bicyclic) bond motifs is 1. The lowest BCUT2D eigenvalue weighted by molar-refractivity contribution is -0.146. The van der Waals surface area contributed by atoms with Gasteiger partial charge in [0.15, 0.2) is 0 Å². The van der Waals surface area contributed by atoms with Crippen LogP contribution in [0.1, 0.15) is 63.3 Å². The fraction of sp³-hybridized carbons (Fsp3) is 0.440. The molecule has 3 rings (SSSR count). The van der Waals surface area contributed by atoms with Crippen molar-refractivity contribution in [2.24, 2.45) is 5.41 Å². The molecule has 0 aliphatic carbocycles. The first-order valence-corrected chi connectivity index (χ1v) is 13.0. The van der Waals surface area contributed by atoms with Gasteiger partial charge in [-0.1, -0.05) is 65.0 Å². The molecule has 1 aliphatic heterocycles. The molecule has 0 fully saturated rings. The van der Waals surface area contributed by atoms with Crippen molar-refractivity contribution >= 4 is 33.2 Å². The molecule has 0 bridgehead atoms. The van der Waals surface area contributed by atoms with Crippen LogP contribution in [-0.2, 0) is 26.0 Å². The topological polar surface area (TPSA) is 95.6 Å². The average Bonchev–Trinajstić information content (AvgIpc) is 2.70. The van der Waals surface area contributed by atoms with Crippen molar-refractivity contribution in [3.63, 3.8) is 0 Å². The lowest BCUT2D eigenvalue weighted by atomic mass is 9.87. The molecule has 8 heteroatoms. The predicted molar refractivity (Wildman–Crippen MR) is 132 cm³/mol. The summed E-state index contributed by atoms with van der Waals surface area (Å²) in [5.41, 5.74) is 2.99. The van der Waals surface area contributed by atoms with Gasteiger partial charge >= 0.3 is 0 Å². The lowest BCUT2D eigenvalue weighted by Crippen LogP contribution is -2.49. The van der Waals surface area contributed by atoms with Crippen LogP contribution in [0.4, 0.5) is 11.4 Å². The number of rotatable bonds is 5. The van der Waals surface area contributed by atoms with E-state index in [1.54, 1.807) is 23.1 Å². The van der Waals surface area contributed by atoms with Crippen LogP contribution in [0.2, 0.25) is 0 Å². The molecule has 1 heterocycles. The number of amides is 2. The Balaban J connectivity index is 2.03. The molecule has 2 amide bonds. The number of anilines is 2. The van der Waals surface area contributed by atoms with E-state index in [0.717, 1.165) is 22.9 Å². The van der Waals surface area contributed by atoms with E-state index in [1.165, 1.54) is 0 Å². The molecule has 33 heavy (non-hydrogen) atoms. The highest BCUT2D eigenvalue weighted by molar-refractivity contribution is 7.92. The fourth-order valence-electron chi connectivity index (χ4n) is 4.15. The van der Waals surface area contributed by atoms with Crippen LogP contribution in [0.15, 0.2) is 42.5 Å². The predicted octanol–water partition coefficient (Wildman–Crippen LogP) is 4.29. The number of nitrogens with one attached hydrogen (secondary N) is 2. The first-order chi connectivity index (χ1) is 15.3. The van der Waals surface area contributed by atoms with E-state index in [1.807, 2.05) is 58.9 Å². The van der Waals surface area contributed by atoms with Crippen molar-refractivity contribution in [2.45, 2.75) is 53.0 Å². The maximum Gasteiger partial charge on any atom is 0.251 e. The van der Waals surface area contributed by atoms with Gasteiger partial charge in [0.2, 0.25) is 15.9 Å². The molecule has 0 saturated heterocycles. The molecular weight excluding hydrogens is 438 g/mol. The molecule has 1 unspecified atom stereocenters. The highest BCUT2D eigenvalue weighted by Crippen LogP contribution is 2.35. The third kappa shape index (κ3) is 5.74. The van der Waals surface area contributed by atoms with E-state index in [0.29, 0.717) is 24.3 Å². The zero-order valence-corrected chi connectivity index (χ0v) is 20.9. The normalized spacial score (nSPS) is 16.3. The quantitative estimate of drug-likeness (QED) is 0.680. The van der Waals surface area contributed by atoms with Gasteiger partial charge in [-0.05, 0) is 41.2 Å². The highest BCUT2D eigenvalue weighted by Gasteiger charge is 2.39. The molecule has 0 saturated carbocycles. The third-order valence-corrected chi connectivity index (χ3v) is 6.28. The number of sulfonamides is 1. The summed E-state index contributed by atoms with van der Waals surface area (Å²) in [5, 5.41) is 3.00. The summed E-state index contributed by atoms with van der Waals surface area (Å²) in [4.78, 5) is 28.6. The molecule has 2 aromatic rings. The maximum absolute atomic E-state index is 13.7. The number of benzene rings is 2. The van der Waals surface area contributed by atoms with Crippen LogP contribution >= 0.6 is 0 Å². The summed E-state index contributed by atoms with van der Waals surface area (Å²) < 4.78 is 25.9. The summed E-state index contributed by atoms with van der Waals surface area (Å²) in [6, 6.07) is 12.0. The molecular formula is C25H33N3O4S. The lowest BCUT2D eigenvalue weighted by Gasteiger charge is -2.39. The number of carbonyl (C=O) groups excluding carboxylic acids is 2. The summed E-state index contributed by atoms with van der Waals surface area (Å²) >= 11 is 0. The fourth-order valence-corrected chi connectivity index (χ4v) is 4.70. The minimum atomic E-state index is -3.47. The van der Waals surface area contributed by atoms with Crippen molar-refractivity contribution < 1.29 is 18.0 Å². The Labute approximate surface area is 196 Å². The Bertz CT molecular complexity index is 1170. The van der Waals surface area contributed by atoms with E-state index in [9.17, 15) is 18.0 Å². The van der Waals surface area contributed by atoms with E-state index < -0.39 is 21.5 Å². The van der Waals surface area contributed by atoms with Gasteiger partial charge in [0.25, 0.3) is 5.91 Å². The van der Waals surface area contributed by atoms with Crippen molar-refractivity contribution in [3.8, 4) is 0 Å². The van der Waals surface area contributed by atoms with Crippen LogP contribution in [0.3, 0.4) is 0 Å². The Hall–Kier alpha value is -2.87. The maximum atomic E-state index is 13.7. The molecule has 0 radical (unpaired) electrons. The minimum Gasteiger partial charge on any atom is -0.326 e. The third-order valence-electron chi connectivity index (χ3n) is 5.67. The summed E-state index contributed by atoms with van der Waals surface area (Å²) in [7, 11) is -3.47. The Morgan fingerprint density at radius 1 is 1.09 bits per heavy atom. The first kappa shape index (κ1) is 24.8. The molecule has 1 aliphatic rings. The van der Waals surface area contributed by atoms with E-state index >= 15 is 0 Å². The van der Waals surface area contributed by atoms with Crippen molar-refractivity contribution in [1.82, 2.24) is 4.90 Å². The Morgan fingerprint density at radius 3 is 2.36 bits per heavy atom. The Kier molecular flexibility index (Phi) is 6.88. The SMILES string of the molecule is CC(C)c1ccc(NS(C)(=O)=O)cc1NC(=O)C1c2ccccc2CCN1C(=O)C(C)(C)C. The van der Waals surface area contributed by atoms with Gasteiger partial charge in [0.1, 0.15) is 6.04 Å². The number of hydrogen-bond donors (Lipinski definition) is 2. The zero-order valence-electron chi connectivity index (χ0n) is 20.1. The van der Waals surface area contributed by atoms with Crippen molar-refractivity contribution in [1.29, 1.82) is 0 Å². The largest absolute Gasteiger partial charge is 0.326 e. The molecule has 1 atom stereocenters. The molecule has 178 valence electrons. The zero-order chi connectivity index (χ0) is 24.6. The second-order valence-corrected chi connectivity index (χ2v) is 11.7. The molecule has 0 spiro atoms. The van der Waals surface area contributed by atoms with Crippen molar-refractivity contribution in [3.05, 3.63) is 59.2 Å². The standard InChI is InChI=1S/C25H33N3O4S/c1-16(2)19-12-11-18(27-33(6,31)32)15-21(19)26-23(29)22-20-10-8-7-9-17(20)13-14-28(22)24(30)25(3,4)5/h7-12,15-16,22,27H,13-14H2,1-6H3,(H,26,29). The van der Waals surface area contributed by atoms with Crippen LogP contribution in [0.5, 0.6) is 0 Å². The Morgan fingerprint density at radius 2 is 1.76 bits per heavy atom. The second kappa shape index (κ2) is 9.17. The summed E-state index contributed by atoms with van der Waals surface area (Å²) in [5.74, 6) is -0.314. The van der Waals surface area contributed by atoms with Gasteiger partial charge in [0.05, 0.1) is 11.9 Å². The molecule has 2 N–H and O–H groups in total. The first-order valence-electron chi connectivity index (χ1n) is 11.1. The van der Waals surface area contributed by atoms with Gasteiger partial charge in [0, 0.05) is 17.6 Å². The van der Waals surface area contributed by atoms with Crippen LogP contribution in [0.25, 0.3) is 0 Å². The van der Waals surface area contributed by atoms with Gasteiger partial charge < -0.3 is 10.2 Å². The molecule has 7 nitrogen and oxygen atoms in total. The van der Waals surface area contributed by atoms with E-state index in [-0.39, 0.29) is 17.7 Å². The minimum absolute atomic E-state index is 0.0891. The van der Waals surface area contributed by atoms with Gasteiger partial charge in [-0.2, -0.15) is 0 Å². The second-order valence-electron chi connectivity index (χ2n) is 9.92. The average molecular weight is 472 g/mol. The monoisotopic (exact) mass is 471 g/mol. The highest BCUT2D eigenvalue weighted by atomic mass is 32.2. The molecule has 2 aromatic carbocycles. The number of nitrogens with zero attached hydrogens (tertiary/aromatic N) is 1. The van der Waals surface area contributed by atoms with Gasteiger partial charge in [-0.15, -0.1) is 0 Å². The van der Waals surface area contributed by atoms with E-state index in [2.05, 4.69) is 10.0 Å².